The summed E-state index contributed by atoms with van der Waals surface area (Å²) >= 11 is 27.1. The number of carbonyl (C=O) groups excluding carboxylic acids is 2. The smallest absolute Gasteiger partial charge is 0.269 e. The average molecular weight is 610 g/mol. The molecular weight excluding hydrogens is 591 g/mol. The number of thiophene rings is 2. The molecule has 6 nitrogen and oxygen atoms in total. The number of rotatable bonds is 4. The second kappa shape index (κ2) is 11.1. The van der Waals surface area contributed by atoms with Gasteiger partial charge in [0.25, 0.3) is 11.8 Å². The van der Waals surface area contributed by atoms with Crippen molar-refractivity contribution < 1.29 is 9.59 Å². The standard InChI is InChI=1S/C25H19Cl3N4O2S3/c26-14-3-5-16-20(12-14)37-22(21(16)28)23(33)30-25(35)29-15-4-6-18(17(27)13-15)31-7-9-32(10-8-31)24(34)19-2-1-11-36-19/h1-6,11-13H,7-10H2,(H2,29,30,33,35). The Morgan fingerprint density at radius 2 is 1.76 bits per heavy atom. The molecule has 0 radical (unpaired) electrons. The number of thiocarbonyl (C=S) groups is 1. The van der Waals surface area contributed by atoms with E-state index in [1.54, 1.807) is 24.3 Å². The summed E-state index contributed by atoms with van der Waals surface area (Å²) in [5.74, 6) is -0.339. The lowest BCUT2D eigenvalue weighted by Crippen LogP contribution is -2.48. The molecule has 2 aromatic carbocycles. The molecular formula is C25H19Cl3N4O2S3. The third-order valence-corrected chi connectivity index (χ3v) is 9.13. The Labute approximate surface area is 241 Å². The third kappa shape index (κ3) is 5.72. The van der Waals surface area contributed by atoms with Crippen LogP contribution in [0.4, 0.5) is 11.4 Å². The number of benzene rings is 2. The van der Waals surface area contributed by atoms with E-state index >= 15 is 0 Å². The van der Waals surface area contributed by atoms with Gasteiger partial charge in [0.2, 0.25) is 0 Å². The number of anilines is 2. The predicted molar refractivity (Wildman–Crippen MR) is 159 cm³/mol. The summed E-state index contributed by atoms with van der Waals surface area (Å²) in [6, 6.07) is 14.5. The van der Waals surface area contributed by atoms with Gasteiger partial charge in [0.1, 0.15) is 4.88 Å². The molecule has 37 heavy (non-hydrogen) atoms. The van der Waals surface area contributed by atoms with E-state index < -0.39 is 5.91 Å². The highest BCUT2D eigenvalue weighted by atomic mass is 35.5. The molecule has 190 valence electrons. The minimum Gasteiger partial charge on any atom is -0.367 e. The van der Waals surface area contributed by atoms with Crippen LogP contribution in [0.5, 0.6) is 0 Å². The Hall–Kier alpha value is -2.40. The molecule has 5 rings (SSSR count). The lowest BCUT2D eigenvalue weighted by molar-refractivity contribution is 0.0751. The summed E-state index contributed by atoms with van der Waals surface area (Å²) in [4.78, 5) is 30.5. The molecule has 3 heterocycles. The summed E-state index contributed by atoms with van der Waals surface area (Å²) in [7, 11) is 0. The fraction of sp³-hybridized carbons (Fsp3) is 0.160. The zero-order valence-electron chi connectivity index (χ0n) is 19.1. The zero-order chi connectivity index (χ0) is 26.1. The highest BCUT2D eigenvalue weighted by molar-refractivity contribution is 7.80. The molecule has 12 heteroatoms. The lowest BCUT2D eigenvalue weighted by atomic mass is 10.2. The number of hydrogen-bond acceptors (Lipinski definition) is 6. The Morgan fingerprint density at radius 1 is 0.973 bits per heavy atom. The van der Waals surface area contributed by atoms with Gasteiger partial charge in [-0.05, 0) is 54.0 Å². The van der Waals surface area contributed by atoms with Gasteiger partial charge in [-0.25, -0.2) is 0 Å². The van der Waals surface area contributed by atoms with Crippen molar-refractivity contribution in [2.24, 2.45) is 0 Å². The van der Waals surface area contributed by atoms with Crippen molar-refractivity contribution in [1.29, 1.82) is 0 Å². The summed E-state index contributed by atoms with van der Waals surface area (Å²) < 4.78 is 0.820. The van der Waals surface area contributed by atoms with Crippen molar-refractivity contribution in [2.45, 2.75) is 0 Å². The Balaban J connectivity index is 1.19. The molecule has 0 saturated carbocycles. The number of nitrogens with zero attached hydrogens (tertiary/aromatic N) is 2. The fourth-order valence-corrected chi connectivity index (χ4v) is 6.94. The maximum Gasteiger partial charge on any atom is 0.269 e. The van der Waals surface area contributed by atoms with Crippen LogP contribution in [0.25, 0.3) is 10.1 Å². The van der Waals surface area contributed by atoms with Crippen molar-refractivity contribution in [1.82, 2.24) is 10.2 Å². The van der Waals surface area contributed by atoms with Crippen LogP contribution in [0, 0.1) is 0 Å². The summed E-state index contributed by atoms with van der Waals surface area (Å²) in [5.41, 5.74) is 1.51. The Morgan fingerprint density at radius 3 is 2.46 bits per heavy atom. The van der Waals surface area contributed by atoms with E-state index in [0.717, 1.165) is 20.7 Å². The van der Waals surface area contributed by atoms with E-state index in [-0.39, 0.29) is 11.0 Å². The van der Waals surface area contributed by atoms with Crippen LogP contribution >= 0.6 is 69.7 Å². The van der Waals surface area contributed by atoms with Crippen LogP contribution in [0.1, 0.15) is 19.3 Å². The minimum atomic E-state index is -0.405. The van der Waals surface area contributed by atoms with Gasteiger partial charge in [0.05, 0.1) is 20.6 Å². The zero-order valence-corrected chi connectivity index (χ0v) is 23.8. The molecule has 0 bridgehead atoms. The summed E-state index contributed by atoms with van der Waals surface area (Å²) in [5, 5.41) is 9.94. The van der Waals surface area contributed by atoms with Gasteiger partial charge in [0, 0.05) is 47.0 Å². The first-order valence-electron chi connectivity index (χ1n) is 11.2. The van der Waals surface area contributed by atoms with E-state index in [0.29, 0.717) is 51.8 Å². The number of halogens is 3. The van der Waals surface area contributed by atoms with Crippen molar-refractivity contribution in [3.05, 3.63) is 78.7 Å². The van der Waals surface area contributed by atoms with Gasteiger partial charge in [0.15, 0.2) is 5.11 Å². The molecule has 1 saturated heterocycles. The normalized spacial score (nSPS) is 13.6. The molecule has 2 aromatic heterocycles. The predicted octanol–water partition coefficient (Wildman–Crippen LogP) is 7.01. The number of piperazine rings is 1. The topological polar surface area (TPSA) is 64.7 Å². The lowest BCUT2D eigenvalue weighted by Gasteiger charge is -2.36. The first-order chi connectivity index (χ1) is 17.8. The second-order valence-corrected chi connectivity index (χ2v) is 11.8. The van der Waals surface area contributed by atoms with Gasteiger partial charge in [-0.15, -0.1) is 22.7 Å². The van der Waals surface area contributed by atoms with Crippen LogP contribution in [0.2, 0.25) is 15.1 Å². The van der Waals surface area contributed by atoms with E-state index in [9.17, 15) is 9.59 Å². The maximum atomic E-state index is 12.8. The Kier molecular flexibility index (Phi) is 7.90. The first-order valence-corrected chi connectivity index (χ1v) is 14.4. The van der Waals surface area contributed by atoms with E-state index in [4.69, 9.17) is 47.0 Å². The van der Waals surface area contributed by atoms with E-state index in [2.05, 4.69) is 15.5 Å². The largest absolute Gasteiger partial charge is 0.367 e. The second-order valence-electron chi connectivity index (χ2n) is 8.22. The van der Waals surface area contributed by atoms with Crippen molar-refractivity contribution in [3.63, 3.8) is 0 Å². The van der Waals surface area contributed by atoms with Crippen LogP contribution in [-0.4, -0.2) is 48.0 Å². The maximum absolute atomic E-state index is 12.8. The Bertz CT molecular complexity index is 1500. The molecule has 0 aliphatic carbocycles. The molecule has 1 aliphatic heterocycles. The SMILES string of the molecule is O=C(NC(=S)Nc1ccc(N2CCN(C(=O)c3cccs3)CC2)c(Cl)c1)c1sc2cc(Cl)ccc2c1Cl. The number of hydrogen-bond donors (Lipinski definition) is 2. The van der Waals surface area contributed by atoms with Gasteiger partial charge in [-0.3, -0.25) is 14.9 Å². The highest BCUT2D eigenvalue weighted by Crippen LogP contribution is 2.36. The first kappa shape index (κ1) is 26.2. The number of nitrogens with one attached hydrogen (secondary N) is 2. The molecule has 0 atom stereocenters. The van der Waals surface area contributed by atoms with Crippen LogP contribution in [-0.2, 0) is 0 Å². The van der Waals surface area contributed by atoms with Gasteiger partial charge in [-0.2, -0.15) is 0 Å². The van der Waals surface area contributed by atoms with Crippen molar-refractivity contribution in [2.75, 3.05) is 36.4 Å². The average Bonchev–Trinajstić information content (AvgIpc) is 3.52. The van der Waals surface area contributed by atoms with Gasteiger partial charge >= 0.3 is 0 Å². The summed E-state index contributed by atoms with van der Waals surface area (Å²) in [6.45, 7) is 2.60. The van der Waals surface area contributed by atoms with Crippen LogP contribution in [0.3, 0.4) is 0 Å². The molecule has 2 N–H and O–H groups in total. The molecule has 0 unspecified atom stereocenters. The highest BCUT2D eigenvalue weighted by Gasteiger charge is 2.24. The number of carbonyl (C=O) groups is 2. The van der Waals surface area contributed by atoms with Crippen LogP contribution < -0.4 is 15.5 Å². The number of amides is 2. The van der Waals surface area contributed by atoms with Crippen molar-refractivity contribution in [3.8, 4) is 0 Å². The molecule has 0 spiro atoms. The van der Waals surface area contributed by atoms with Gasteiger partial charge < -0.3 is 15.1 Å². The summed E-state index contributed by atoms with van der Waals surface area (Å²) in [6.07, 6.45) is 0. The minimum absolute atomic E-state index is 0.0663. The molecule has 2 amide bonds. The van der Waals surface area contributed by atoms with Gasteiger partial charge in [-0.1, -0.05) is 46.9 Å². The quantitative estimate of drug-likeness (QED) is 0.244. The number of fused-ring (bicyclic) bond motifs is 1. The molecule has 4 aromatic rings. The third-order valence-electron chi connectivity index (χ3n) is 5.87. The van der Waals surface area contributed by atoms with Crippen LogP contribution in [0.15, 0.2) is 53.9 Å². The van der Waals surface area contributed by atoms with E-state index in [1.165, 1.54) is 22.7 Å². The molecule has 1 aliphatic rings. The fourth-order valence-electron chi connectivity index (χ4n) is 4.05. The molecule has 1 fully saturated rings. The van der Waals surface area contributed by atoms with E-state index in [1.807, 2.05) is 34.5 Å². The van der Waals surface area contributed by atoms with Crippen molar-refractivity contribution >= 4 is 108 Å². The monoisotopic (exact) mass is 608 g/mol.